The molecule has 0 spiro atoms. The molecule has 0 radical (unpaired) electrons. The molecule has 0 aliphatic heterocycles. The molecule has 0 aliphatic carbocycles. The average Bonchev–Trinajstić information content (AvgIpc) is 2.30. The highest BCUT2D eigenvalue weighted by Gasteiger charge is 1.97. The second-order valence-electron chi connectivity index (χ2n) is 3.90. The molecule has 2 aromatic carbocycles. The van der Waals surface area contributed by atoms with Gasteiger partial charge in [-0.1, -0.05) is 36.4 Å². The first-order valence-corrected chi connectivity index (χ1v) is 5.43. The maximum atomic E-state index is 4.47. The normalized spacial score (nSPS) is 10.9. The van der Waals surface area contributed by atoms with E-state index in [1.165, 1.54) is 16.7 Å². The average molecular weight is 209 g/mol. The number of para-hydroxylation sites is 1. The van der Waals surface area contributed by atoms with E-state index in [-0.39, 0.29) is 0 Å². The fraction of sp³-hybridized carbons (Fsp3) is 0.133. The summed E-state index contributed by atoms with van der Waals surface area (Å²) in [5.74, 6) is 0. The minimum absolute atomic E-state index is 0.991. The number of aliphatic imine (C=N–C) groups is 1. The first-order chi connectivity index (χ1) is 7.77. The molecule has 80 valence electrons. The second kappa shape index (κ2) is 4.75. The standard InChI is InChI=1S/C15H15N/c1-12-7-6-8-13(2)15(12)11-16-14-9-4-3-5-10-14/h3-11H,1-2H3. The van der Waals surface area contributed by atoms with E-state index in [0.29, 0.717) is 0 Å². The first-order valence-electron chi connectivity index (χ1n) is 5.43. The summed E-state index contributed by atoms with van der Waals surface area (Å²) in [5, 5.41) is 0. The number of hydrogen-bond acceptors (Lipinski definition) is 1. The van der Waals surface area contributed by atoms with Crippen molar-refractivity contribution in [1.82, 2.24) is 0 Å². The third kappa shape index (κ3) is 2.37. The van der Waals surface area contributed by atoms with Crippen molar-refractivity contribution in [3.63, 3.8) is 0 Å². The van der Waals surface area contributed by atoms with Crippen LogP contribution in [0.2, 0.25) is 0 Å². The van der Waals surface area contributed by atoms with Gasteiger partial charge in [-0.05, 0) is 42.7 Å². The first kappa shape index (κ1) is 10.6. The van der Waals surface area contributed by atoms with E-state index < -0.39 is 0 Å². The molecule has 0 aliphatic rings. The molecule has 2 aromatic rings. The lowest BCUT2D eigenvalue weighted by Crippen LogP contribution is -1.90. The zero-order chi connectivity index (χ0) is 11.4. The molecule has 0 bridgehead atoms. The van der Waals surface area contributed by atoms with Gasteiger partial charge >= 0.3 is 0 Å². The number of aryl methyl sites for hydroxylation is 2. The maximum absolute atomic E-state index is 4.47. The van der Waals surface area contributed by atoms with Crippen molar-refractivity contribution in [2.75, 3.05) is 0 Å². The number of nitrogens with zero attached hydrogens (tertiary/aromatic N) is 1. The Bertz CT molecular complexity index is 478. The molecule has 0 N–H and O–H groups in total. The molecule has 1 nitrogen and oxygen atoms in total. The Morgan fingerprint density at radius 1 is 0.812 bits per heavy atom. The molecular formula is C15H15N. The van der Waals surface area contributed by atoms with Crippen molar-refractivity contribution in [1.29, 1.82) is 0 Å². The molecule has 0 fully saturated rings. The van der Waals surface area contributed by atoms with Crippen LogP contribution >= 0.6 is 0 Å². The molecule has 0 saturated carbocycles. The van der Waals surface area contributed by atoms with Gasteiger partial charge in [0.2, 0.25) is 0 Å². The van der Waals surface area contributed by atoms with Crippen LogP contribution in [0.25, 0.3) is 0 Å². The van der Waals surface area contributed by atoms with Gasteiger partial charge < -0.3 is 0 Å². The zero-order valence-corrected chi connectivity index (χ0v) is 9.64. The lowest BCUT2D eigenvalue weighted by Gasteiger charge is -2.03. The van der Waals surface area contributed by atoms with Crippen LogP contribution in [0.4, 0.5) is 5.69 Å². The quantitative estimate of drug-likeness (QED) is 0.661. The van der Waals surface area contributed by atoms with Crippen molar-refractivity contribution < 1.29 is 0 Å². The van der Waals surface area contributed by atoms with Crippen molar-refractivity contribution in [3.8, 4) is 0 Å². The highest BCUT2D eigenvalue weighted by Crippen LogP contribution is 2.14. The van der Waals surface area contributed by atoms with Crippen LogP contribution in [0, 0.1) is 13.8 Å². The van der Waals surface area contributed by atoms with Gasteiger partial charge in [-0.25, -0.2) is 0 Å². The molecule has 0 unspecified atom stereocenters. The summed E-state index contributed by atoms with van der Waals surface area (Å²) in [5.41, 5.74) is 4.73. The van der Waals surface area contributed by atoms with Gasteiger partial charge in [0.05, 0.1) is 5.69 Å². The van der Waals surface area contributed by atoms with Crippen LogP contribution in [0.15, 0.2) is 53.5 Å². The Hall–Kier alpha value is -1.89. The van der Waals surface area contributed by atoms with Crippen molar-refractivity contribution in [2.24, 2.45) is 4.99 Å². The second-order valence-corrected chi connectivity index (χ2v) is 3.90. The third-order valence-electron chi connectivity index (χ3n) is 2.64. The molecule has 0 atom stereocenters. The maximum Gasteiger partial charge on any atom is 0.0629 e. The van der Waals surface area contributed by atoms with E-state index in [1.807, 2.05) is 36.5 Å². The highest BCUT2D eigenvalue weighted by molar-refractivity contribution is 5.85. The molecule has 0 amide bonds. The SMILES string of the molecule is Cc1cccc(C)c1C=Nc1ccccc1. The van der Waals surface area contributed by atoms with Gasteiger partial charge in [0.15, 0.2) is 0 Å². The van der Waals surface area contributed by atoms with Gasteiger partial charge in [0.1, 0.15) is 0 Å². The molecule has 2 rings (SSSR count). The summed E-state index contributed by atoms with van der Waals surface area (Å²) >= 11 is 0. The van der Waals surface area contributed by atoms with Gasteiger partial charge in [-0.15, -0.1) is 0 Å². The Morgan fingerprint density at radius 3 is 2.06 bits per heavy atom. The van der Waals surface area contributed by atoms with Gasteiger partial charge in [-0.2, -0.15) is 0 Å². The minimum Gasteiger partial charge on any atom is -0.256 e. The zero-order valence-electron chi connectivity index (χ0n) is 9.64. The number of rotatable bonds is 2. The summed E-state index contributed by atoms with van der Waals surface area (Å²) in [6.45, 7) is 4.22. The van der Waals surface area contributed by atoms with Crippen LogP contribution in [0.1, 0.15) is 16.7 Å². The molecule has 16 heavy (non-hydrogen) atoms. The molecule has 0 aromatic heterocycles. The smallest absolute Gasteiger partial charge is 0.0629 e. The van der Waals surface area contributed by atoms with E-state index in [1.54, 1.807) is 0 Å². The third-order valence-corrected chi connectivity index (χ3v) is 2.64. The van der Waals surface area contributed by atoms with Crippen LogP contribution in [-0.4, -0.2) is 6.21 Å². The summed E-state index contributed by atoms with van der Waals surface area (Å²) in [6.07, 6.45) is 1.94. The van der Waals surface area contributed by atoms with Crippen LogP contribution < -0.4 is 0 Å². The number of benzene rings is 2. The molecule has 1 heteroatoms. The summed E-state index contributed by atoms with van der Waals surface area (Å²) < 4.78 is 0. The van der Waals surface area contributed by atoms with Crippen LogP contribution in [0.3, 0.4) is 0 Å². The molecule has 0 saturated heterocycles. The van der Waals surface area contributed by atoms with Crippen LogP contribution in [-0.2, 0) is 0 Å². The van der Waals surface area contributed by atoms with E-state index in [9.17, 15) is 0 Å². The highest BCUT2D eigenvalue weighted by atomic mass is 14.7. The van der Waals surface area contributed by atoms with E-state index in [0.717, 1.165) is 5.69 Å². The predicted octanol–water partition coefficient (Wildman–Crippen LogP) is 4.05. The van der Waals surface area contributed by atoms with E-state index in [2.05, 4.69) is 37.0 Å². The van der Waals surface area contributed by atoms with Gasteiger partial charge in [-0.3, -0.25) is 4.99 Å². The fourth-order valence-corrected chi connectivity index (χ4v) is 1.68. The Labute approximate surface area is 96.5 Å². The van der Waals surface area contributed by atoms with Crippen molar-refractivity contribution in [2.45, 2.75) is 13.8 Å². The predicted molar refractivity (Wildman–Crippen MR) is 69.6 cm³/mol. The van der Waals surface area contributed by atoms with Crippen molar-refractivity contribution >= 4 is 11.9 Å². The van der Waals surface area contributed by atoms with Gasteiger partial charge in [0.25, 0.3) is 0 Å². The number of hydrogen-bond donors (Lipinski definition) is 0. The fourth-order valence-electron chi connectivity index (χ4n) is 1.68. The summed E-state index contributed by atoms with van der Waals surface area (Å²) in [7, 11) is 0. The molecule has 0 heterocycles. The minimum atomic E-state index is 0.991. The summed E-state index contributed by atoms with van der Waals surface area (Å²) in [6, 6.07) is 16.3. The monoisotopic (exact) mass is 209 g/mol. The van der Waals surface area contributed by atoms with Crippen molar-refractivity contribution in [3.05, 3.63) is 65.2 Å². The Balaban J connectivity index is 2.31. The van der Waals surface area contributed by atoms with Gasteiger partial charge in [0, 0.05) is 6.21 Å². The Morgan fingerprint density at radius 2 is 1.44 bits per heavy atom. The van der Waals surface area contributed by atoms with E-state index >= 15 is 0 Å². The lowest BCUT2D eigenvalue weighted by atomic mass is 10.0. The van der Waals surface area contributed by atoms with E-state index in [4.69, 9.17) is 0 Å². The largest absolute Gasteiger partial charge is 0.256 e. The Kier molecular flexibility index (Phi) is 3.16. The lowest BCUT2D eigenvalue weighted by molar-refractivity contribution is 1.36. The van der Waals surface area contributed by atoms with Crippen LogP contribution in [0.5, 0.6) is 0 Å². The molecular weight excluding hydrogens is 194 g/mol. The summed E-state index contributed by atoms with van der Waals surface area (Å²) in [4.78, 5) is 4.47. The topological polar surface area (TPSA) is 12.4 Å².